The zero-order valence-electron chi connectivity index (χ0n) is 15.6. The summed E-state index contributed by atoms with van der Waals surface area (Å²) < 4.78 is 32.0. The van der Waals surface area contributed by atoms with E-state index in [2.05, 4.69) is 15.4 Å². The molecule has 2 N–H and O–H groups in total. The first kappa shape index (κ1) is 19.5. The SMILES string of the molecule is O=C(NC1CCN(CC2CC2)CC1C(=O)O)c1cc(-c2ccc(F)cc2F)on1. The van der Waals surface area contributed by atoms with Gasteiger partial charge in [0.1, 0.15) is 11.6 Å². The Morgan fingerprint density at radius 3 is 2.72 bits per heavy atom. The second kappa shape index (κ2) is 7.90. The van der Waals surface area contributed by atoms with E-state index in [4.69, 9.17) is 4.52 Å². The van der Waals surface area contributed by atoms with Crippen LogP contribution in [0.15, 0.2) is 28.8 Å². The summed E-state index contributed by atoms with van der Waals surface area (Å²) in [5, 5.41) is 16.0. The lowest BCUT2D eigenvalue weighted by Crippen LogP contribution is -2.53. The van der Waals surface area contributed by atoms with E-state index in [0.717, 1.165) is 19.2 Å². The first-order valence-corrected chi connectivity index (χ1v) is 9.59. The van der Waals surface area contributed by atoms with Crippen molar-refractivity contribution in [2.75, 3.05) is 19.6 Å². The van der Waals surface area contributed by atoms with E-state index in [0.29, 0.717) is 24.9 Å². The number of likely N-dealkylation sites (tertiary alicyclic amines) is 1. The largest absolute Gasteiger partial charge is 0.481 e. The van der Waals surface area contributed by atoms with Crippen molar-refractivity contribution in [1.82, 2.24) is 15.4 Å². The van der Waals surface area contributed by atoms with Crippen LogP contribution in [-0.2, 0) is 4.79 Å². The second-order valence-electron chi connectivity index (χ2n) is 7.72. The van der Waals surface area contributed by atoms with Crippen molar-refractivity contribution in [3.8, 4) is 11.3 Å². The first-order valence-electron chi connectivity index (χ1n) is 9.59. The molecular formula is C20H21F2N3O4. The van der Waals surface area contributed by atoms with Gasteiger partial charge in [-0.15, -0.1) is 0 Å². The maximum Gasteiger partial charge on any atom is 0.309 e. The number of aromatic nitrogens is 1. The summed E-state index contributed by atoms with van der Waals surface area (Å²) in [6, 6.07) is 3.71. The smallest absolute Gasteiger partial charge is 0.309 e. The molecule has 4 rings (SSSR count). The van der Waals surface area contributed by atoms with Crippen molar-refractivity contribution >= 4 is 11.9 Å². The van der Waals surface area contributed by atoms with Gasteiger partial charge in [-0.2, -0.15) is 0 Å². The highest BCUT2D eigenvalue weighted by molar-refractivity contribution is 5.93. The van der Waals surface area contributed by atoms with Gasteiger partial charge in [-0.3, -0.25) is 9.59 Å². The van der Waals surface area contributed by atoms with Gasteiger partial charge in [0.2, 0.25) is 0 Å². The molecule has 2 aliphatic rings. The van der Waals surface area contributed by atoms with Crippen LogP contribution in [0.3, 0.4) is 0 Å². The van der Waals surface area contributed by atoms with Crippen molar-refractivity contribution in [3.05, 3.63) is 41.6 Å². The Bertz CT molecular complexity index is 928. The van der Waals surface area contributed by atoms with Gasteiger partial charge in [0, 0.05) is 37.8 Å². The number of aliphatic carboxylic acids is 1. The summed E-state index contributed by atoms with van der Waals surface area (Å²) >= 11 is 0. The quantitative estimate of drug-likeness (QED) is 0.767. The van der Waals surface area contributed by atoms with Gasteiger partial charge in [0.25, 0.3) is 5.91 Å². The molecule has 7 nitrogen and oxygen atoms in total. The number of nitrogens with zero attached hydrogens (tertiary/aromatic N) is 2. The molecule has 0 bridgehead atoms. The van der Waals surface area contributed by atoms with Crippen LogP contribution < -0.4 is 5.32 Å². The Labute approximate surface area is 165 Å². The molecule has 154 valence electrons. The molecular weight excluding hydrogens is 384 g/mol. The maximum atomic E-state index is 13.9. The number of hydrogen-bond acceptors (Lipinski definition) is 5. The van der Waals surface area contributed by atoms with Gasteiger partial charge in [0.05, 0.1) is 11.5 Å². The van der Waals surface area contributed by atoms with Crippen LogP contribution >= 0.6 is 0 Å². The van der Waals surface area contributed by atoms with Gasteiger partial charge in [-0.1, -0.05) is 5.16 Å². The first-order chi connectivity index (χ1) is 13.9. The zero-order chi connectivity index (χ0) is 20.5. The molecule has 1 saturated heterocycles. The van der Waals surface area contributed by atoms with E-state index in [9.17, 15) is 23.5 Å². The molecule has 1 aromatic heterocycles. The minimum absolute atomic E-state index is 0.0123. The minimum Gasteiger partial charge on any atom is -0.481 e. The van der Waals surface area contributed by atoms with Crippen molar-refractivity contribution in [3.63, 3.8) is 0 Å². The lowest BCUT2D eigenvalue weighted by atomic mass is 9.91. The number of rotatable bonds is 6. The molecule has 2 aromatic rings. The van der Waals surface area contributed by atoms with E-state index >= 15 is 0 Å². The third-order valence-corrected chi connectivity index (χ3v) is 5.48. The van der Waals surface area contributed by atoms with Gasteiger partial charge < -0.3 is 19.8 Å². The number of carbonyl (C=O) groups is 2. The third kappa shape index (κ3) is 4.45. The third-order valence-electron chi connectivity index (χ3n) is 5.48. The highest BCUT2D eigenvalue weighted by atomic mass is 19.1. The molecule has 1 saturated carbocycles. The molecule has 2 unspecified atom stereocenters. The number of piperidine rings is 1. The monoisotopic (exact) mass is 405 g/mol. The Morgan fingerprint density at radius 2 is 2.03 bits per heavy atom. The number of benzene rings is 1. The average molecular weight is 405 g/mol. The van der Waals surface area contributed by atoms with Crippen LogP contribution in [0.25, 0.3) is 11.3 Å². The van der Waals surface area contributed by atoms with Gasteiger partial charge >= 0.3 is 5.97 Å². The number of carboxylic acids is 1. The van der Waals surface area contributed by atoms with Gasteiger partial charge in [-0.25, -0.2) is 8.78 Å². The average Bonchev–Trinajstić information content (AvgIpc) is 3.35. The number of halogens is 2. The number of carbonyl (C=O) groups excluding carboxylic acids is 1. The Balaban J connectivity index is 1.43. The van der Waals surface area contributed by atoms with Crippen molar-refractivity contribution in [1.29, 1.82) is 0 Å². The van der Waals surface area contributed by atoms with E-state index in [1.807, 2.05) is 0 Å². The summed E-state index contributed by atoms with van der Waals surface area (Å²) in [5.74, 6) is -3.16. The predicted molar refractivity (Wildman–Crippen MR) is 98.0 cm³/mol. The van der Waals surface area contributed by atoms with Crippen LogP contribution in [0, 0.1) is 23.5 Å². The van der Waals surface area contributed by atoms with Crippen molar-refractivity contribution in [2.24, 2.45) is 11.8 Å². The second-order valence-corrected chi connectivity index (χ2v) is 7.72. The number of nitrogens with one attached hydrogen (secondary N) is 1. The summed E-state index contributed by atoms with van der Waals surface area (Å²) in [4.78, 5) is 26.4. The maximum absolute atomic E-state index is 13.9. The van der Waals surface area contributed by atoms with E-state index in [-0.39, 0.29) is 17.0 Å². The summed E-state index contributed by atoms with van der Waals surface area (Å²) in [6.45, 7) is 2.01. The molecule has 0 spiro atoms. The fourth-order valence-electron chi connectivity index (χ4n) is 3.71. The topological polar surface area (TPSA) is 95.7 Å². The zero-order valence-corrected chi connectivity index (χ0v) is 15.6. The van der Waals surface area contributed by atoms with Crippen LogP contribution in [0.5, 0.6) is 0 Å². The number of carboxylic acid groups (broad SMARTS) is 1. The lowest BCUT2D eigenvalue weighted by Gasteiger charge is -2.36. The molecule has 0 radical (unpaired) electrons. The highest BCUT2D eigenvalue weighted by Gasteiger charge is 2.37. The molecule has 2 atom stereocenters. The molecule has 2 heterocycles. The van der Waals surface area contributed by atoms with Crippen molar-refractivity contribution < 1.29 is 28.0 Å². The summed E-state index contributed by atoms with van der Waals surface area (Å²) in [5.41, 5.74) is -0.108. The summed E-state index contributed by atoms with van der Waals surface area (Å²) in [7, 11) is 0. The molecule has 1 aromatic carbocycles. The highest BCUT2D eigenvalue weighted by Crippen LogP contribution is 2.31. The number of hydrogen-bond donors (Lipinski definition) is 2. The standard InChI is InChI=1S/C20H21F2N3O4/c21-12-3-4-13(15(22)7-12)18-8-17(24-29-18)19(26)23-16-5-6-25(9-11-1-2-11)10-14(16)20(27)28/h3-4,7-8,11,14,16H,1-2,5-6,9-10H2,(H,23,26)(H,27,28). The van der Waals surface area contributed by atoms with Gasteiger partial charge in [-0.05, 0) is 37.3 Å². The van der Waals surface area contributed by atoms with E-state index in [1.54, 1.807) is 0 Å². The normalized spacial score (nSPS) is 22.4. The molecule has 2 fully saturated rings. The van der Waals surface area contributed by atoms with Crippen LogP contribution in [-0.4, -0.2) is 52.7 Å². The van der Waals surface area contributed by atoms with E-state index < -0.39 is 35.5 Å². The van der Waals surface area contributed by atoms with Crippen LogP contribution in [0.2, 0.25) is 0 Å². The Hall–Kier alpha value is -2.81. The fraction of sp³-hybridized carbons (Fsp3) is 0.450. The minimum atomic E-state index is -0.954. The predicted octanol–water partition coefficient (Wildman–Crippen LogP) is 2.53. The van der Waals surface area contributed by atoms with Gasteiger partial charge in [0.15, 0.2) is 11.5 Å². The lowest BCUT2D eigenvalue weighted by molar-refractivity contribution is -0.144. The molecule has 29 heavy (non-hydrogen) atoms. The molecule has 1 amide bonds. The number of amides is 1. The Morgan fingerprint density at radius 1 is 1.24 bits per heavy atom. The van der Waals surface area contributed by atoms with E-state index in [1.165, 1.54) is 25.0 Å². The molecule has 9 heteroatoms. The Kier molecular flexibility index (Phi) is 5.31. The van der Waals surface area contributed by atoms with Crippen LogP contribution in [0.4, 0.5) is 8.78 Å². The molecule has 1 aliphatic heterocycles. The van der Waals surface area contributed by atoms with Crippen molar-refractivity contribution in [2.45, 2.75) is 25.3 Å². The summed E-state index contributed by atoms with van der Waals surface area (Å²) in [6.07, 6.45) is 2.90. The fourth-order valence-corrected chi connectivity index (χ4v) is 3.71. The van der Waals surface area contributed by atoms with Crippen LogP contribution in [0.1, 0.15) is 29.8 Å². The molecule has 1 aliphatic carbocycles.